The van der Waals surface area contributed by atoms with Gasteiger partial charge in [0.05, 0.1) is 13.2 Å². The third kappa shape index (κ3) is 4.61. The lowest BCUT2D eigenvalue weighted by atomic mass is 9.81. The summed E-state index contributed by atoms with van der Waals surface area (Å²) in [6.07, 6.45) is 0.0874. The molecule has 3 rings (SSSR count). The summed E-state index contributed by atoms with van der Waals surface area (Å²) in [6.45, 7) is 4.28. The van der Waals surface area contributed by atoms with Gasteiger partial charge < -0.3 is 20.1 Å². The Balaban J connectivity index is 1.81. The largest absolute Gasteiger partial charge is 0.497 e. The molecule has 1 fully saturated rings. The molecule has 2 aromatic rings. The number of carboxylic acid groups (broad SMARTS) is 1. The minimum Gasteiger partial charge on any atom is -0.497 e. The number of methoxy groups -OCH3 is 1. The van der Waals surface area contributed by atoms with Gasteiger partial charge in [-0.1, -0.05) is 42.5 Å². The van der Waals surface area contributed by atoms with E-state index >= 15 is 0 Å². The minimum atomic E-state index is -0.879. The van der Waals surface area contributed by atoms with Crippen LogP contribution < -0.4 is 10.1 Å². The Morgan fingerprint density at radius 2 is 2.04 bits per heavy atom. The van der Waals surface area contributed by atoms with Gasteiger partial charge in [-0.25, -0.2) is 4.79 Å². The lowest BCUT2D eigenvalue weighted by molar-refractivity contribution is 0.109. The van der Waals surface area contributed by atoms with E-state index in [0.29, 0.717) is 12.5 Å². The fourth-order valence-corrected chi connectivity index (χ4v) is 3.96. The zero-order valence-corrected chi connectivity index (χ0v) is 16.0. The Morgan fingerprint density at radius 1 is 1.26 bits per heavy atom. The SMILES string of the molecule is COc1cccc([C@@H](C)N(CC2CCNCC2c2ccccc2)C(=O)O)c1. The van der Waals surface area contributed by atoms with Gasteiger partial charge in [-0.05, 0) is 49.1 Å². The molecule has 0 aromatic heterocycles. The van der Waals surface area contributed by atoms with Crippen LogP contribution in [0.5, 0.6) is 5.75 Å². The number of piperidine rings is 1. The van der Waals surface area contributed by atoms with E-state index in [1.54, 1.807) is 12.0 Å². The van der Waals surface area contributed by atoms with E-state index in [4.69, 9.17) is 4.74 Å². The van der Waals surface area contributed by atoms with Crippen molar-refractivity contribution in [3.8, 4) is 5.75 Å². The maximum absolute atomic E-state index is 12.1. The molecule has 0 aliphatic carbocycles. The molecule has 3 atom stereocenters. The summed E-state index contributed by atoms with van der Waals surface area (Å²) in [5.41, 5.74) is 2.22. The second-order valence-electron chi connectivity index (χ2n) is 7.16. The maximum atomic E-state index is 12.1. The van der Waals surface area contributed by atoms with Gasteiger partial charge in [-0.2, -0.15) is 0 Å². The third-order valence-corrected chi connectivity index (χ3v) is 5.57. The molecule has 144 valence electrons. The number of ether oxygens (including phenoxy) is 1. The topological polar surface area (TPSA) is 61.8 Å². The number of rotatable bonds is 6. The van der Waals surface area contributed by atoms with E-state index < -0.39 is 6.09 Å². The van der Waals surface area contributed by atoms with E-state index in [9.17, 15) is 9.90 Å². The zero-order valence-electron chi connectivity index (χ0n) is 16.0. The van der Waals surface area contributed by atoms with Crippen LogP contribution in [0.2, 0.25) is 0 Å². The highest BCUT2D eigenvalue weighted by molar-refractivity contribution is 5.66. The Kier molecular flexibility index (Phi) is 6.35. The van der Waals surface area contributed by atoms with Gasteiger partial charge in [0, 0.05) is 19.0 Å². The Hall–Kier alpha value is -2.53. The van der Waals surface area contributed by atoms with E-state index in [1.807, 2.05) is 37.3 Å². The van der Waals surface area contributed by atoms with Crippen molar-refractivity contribution in [2.75, 3.05) is 26.7 Å². The number of carbonyl (C=O) groups is 1. The highest BCUT2D eigenvalue weighted by Gasteiger charge is 2.31. The fourth-order valence-electron chi connectivity index (χ4n) is 3.96. The maximum Gasteiger partial charge on any atom is 0.407 e. The summed E-state index contributed by atoms with van der Waals surface area (Å²) in [6, 6.07) is 17.8. The van der Waals surface area contributed by atoms with Crippen LogP contribution in [0.15, 0.2) is 54.6 Å². The summed E-state index contributed by atoms with van der Waals surface area (Å²) in [4.78, 5) is 13.6. The number of nitrogens with one attached hydrogen (secondary N) is 1. The summed E-state index contributed by atoms with van der Waals surface area (Å²) < 4.78 is 5.30. The average molecular weight is 368 g/mol. The number of nitrogens with zero attached hydrogens (tertiary/aromatic N) is 1. The summed E-state index contributed by atoms with van der Waals surface area (Å²) in [5.74, 6) is 1.35. The predicted molar refractivity (Wildman–Crippen MR) is 106 cm³/mol. The number of hydrogen-bond donors (Lipinski definition) is 2. The highest BCUT2D eigenvalue weighted by Crippen LogP contribution is 2.33. The monoisotopic (exact) mass is 368 g/mol. The minimum absolute atomic E-state index is 0.232. The molecule has 0 saturated carbocycles. The van der Waals surface area contributed by atoms with Gasteiger partial charge in [-0.3, -0.25) is 0 Å². The molecule has 1 aliphatic heterocycles. The predicted octanol–water partition coefficient (Wildman–Crippen LogP) is 4.13. The van der Waals surface area contributed by atoms with Crippen LogP contribution in [0.1, 0.15) is 36.4 Å². The smallest absolute Gasteiger partial charge is 0.407 e. The molecule has 0 bridgehead atoms. The average Bonchev–Trinajstić information content (AvgIpc) is 2.72. The number of benzene rings is 2. The number of amides is 1. The van der Waals surface area contributed by atoms with Gasteiger partial charge >= 0.3 is 6.09 Å². The molecule has 1 amide bonds. The summed E-state index contributed by atoms with van der Waals surface area (Å²) in [7, 11) is 1.62. The van der Waals surface area contributed by atoms with Gasteiger partial charge in [0.25, 0.3) is 0 Å². The van der Waals surface area contributed by atoms with Crippen LogP contribution in [0.3, 0.4) is 0 Å². The Morgan fingerprint density at radius 3 is 2.74 bits per heavy atom. The van der Waals surface area contributed by atoms with Gasteiger partial charge in [0.1, 0.15) is 5.75 Å². The lowest BCUT2D eigenvalue weighted by Gasteiger charge is -2.37. The van der Waals surface area contributed by atoms with Crippen LogP contribution in [-0.4, -0.2) is 42.8 Å². The van der Waals surface area contributed by atoms with Crippen molar-refractivity contribution in [1.29, 1.82) is 0 Å². The Bertz CT molecular complexity index is 750. The van der Waals surface area contributed by atoms with Crippen molar-refractivity contribution in [3.63, 3.8) is 0 Å². The molecule has 1 saturated heterocycles. The van der Waals surface area contributed by atoms with Crippen molar-refractivity contribution in [3.05, 3.63) is 65.7 Å². The van der Waals surface area contributed by atoms with Gasteiger partial charge in [0.2, 0.25) is 0 Å². The van der Waals surface area contributed by atoms with E-state index in [-0.39, 0.29) is 12.0 Å². The van der Waals surface area contributed by atoms with Crippen molar-refractivity contribution >= 4 is 6.09 Å². The first-order chi connectivity index (χ1) is 13.1. The molecular weight excluding hydrogens is 340 g/mol. The van der Waals surface area contributed by atoms with Crippen molar-refractivity contribution in [2.24, 2.45) is 5.92 Å². The van der Waals surface area contributed by atoms with E-state index in [1.165, 1.54) is 5.56 Å². The standard InChI is InChI=1S/C22H28N2O3/c1-16(18-9-6-10-20(13-18)27-2)24(22(25)26)15-19-11-12-23-14-21(19)17-7-4-3-5-8-17/h3-10,13,16,19,21,23H,11-12,14-15H2,1-2H3,(H,25,26)/t16-,19?,21?/m1/s1. The fraction of sp³-hybridized carbons (Fsp3) is 0.409. The van der Waals surface area contributed by atoms with Crippen LogP contribution in [0.4, 0.5) is 4.79 Å². The Labute approximate surface area is 161 Å². The normalized spacial score (nSPS) is 20.7. The van der Waals surface area contributed by atoms with Crippen LogP contribution in [0, 0.1) is 5.92 Å². The molecule has 5 heteroatoms. The molecule has 2 N–H and O–H groups in total. The van der Waals surface area contributed by atoms with Crippen LogP contribution in [-0.2, 0) is 0 Å². The van der Waals surface area contributed by atoms with Crippen molar-refractivity contribution in [1.82, 2.24) is 10.2 Å². The molecule has 1 heterocycles. The molecule has 5 nitrogen and oxygen atoms in total. The molecule has 0 spiro atoms. The van der Waals surface area contributed by atoms with Gasteiger partial charge in [-0.15, -0.1) is 0 Å². The second kappa shape index (κ2) is 8.91. The van der Waals surface area contributed by atoms with Crippen molar-refractivity contribution in [2.45, 2.75) is 25.3 Å². The first-order valence-corrected chi connectivity index (χ1v) is 9.49. The third-order valence-electron chi connectivity index (χ3n) is 5.57. The van der Waals surface area contributed by atoms with Crippen LogP contribution in [0.25, 0.3) is 0 Å². The van der Waals surface area contributed by atoms with E-state index in [0.717, 1.165) is 30.8 Å². The zero-order chi connectivity index (χ0) is 19.2. The first kappa shape index (κ1) is 19.2. The summed E-state index contributed by atoms with van der Waals surface area (Å²) in [5, 5.41) is 13.4. The van der Waals surface area contributed by atoms with Crippen molar-refractivity contribution < 1.29 is 14.6 Å². The molecular formula is C22H28N2O3. The molecule has 27 heavy (non-hydrogen) atoms. The summed E-state index contributed by atoms with van der Waals surface area (Å²) >= 11 is 0. The van der Waals surface area contributed by atoms with Gasteiger partial charge in [0.15, 0.2) is 0 Å². The highest BCUT2D eigenvalue weighted by atomic mass is 16.5. The first-order valence-electron chi connectivity index (χ1n) is 9.49. The molecule has 2 aromatic carbocycles. The lowest BCUT2D eigenvalue weighted by Crippen LogP contribution is -2.43. The quantitative estimate of drug-likeness (QED) is 0.805. The molecule has 0 radical (unpaired) electrons. The van der Waals surface area contributed by atoms with E-state index in [2.05, 4.69) is 29.6 Å². The second-order valence-corrected chi connectivity index (χ2v) is 7.16. The van der Waals surface area contributed by atoms with Crippen LogP contribution >= 0.6 is 0 Å². The molecule has 2 unspecified atom stereocenters. The molecule has 1 aliphatic rings. The number of hydrogen-bond acceptors (Lipinski definition) is 3.